The number of carbonyl (C=O) groups is 1. The molecule has 0 aliphatic rings. The number of hydrogen-bond donors (Lipinski definition) is 2. The van der Waals surface area contributed by atoms with Crippen molar-refractivity contribution in [1.29, 1.82) is 0 Å². The molecule has 0 bridgehead atoms. The van der Waals surface area contributed by atoms with Crippen LogP contribution in [0.15, 0.2) is 72.1 Å². The second kappa shape index (κ2) is 8.10. The van der Waals surface area contributed by atoms with Gasteiger partial charge in [0.15, 0.2) is 6.04 Å². The number of benzene rings is 2. The number of quaternary nitrogens is 1. The zero-order chi connectivity index (χ0) is 17.6. The van der Waals surface area contributed by atoms with Gasteiger partial charge >= 0.3 is 0 Å². The standard InChI is InChI=1S/C21H22N2OS/c1-15-8-6-11-18(14-15)23-21(24)16(2)22-20(19-12-7-13-25-19)17-9-4-3-5-10-17/h3-14,16,20,22H,1-2H3,(H,23,24)/p+1/t16-,20-/m1/s1. The molecule has 3 N–H and O–H groups in total. The summed E-state index contributed by atoms with van der Waals surface area (Å²) in [6.45, 7) is 3.97. The molecule has 0 radical (unpaired) electrons. The van der Waals surface area contributed by atoms with Crippen LogP contribution in [-0.2, 0) is 4.79 Å². The maximum Gasteiger partial charge on any atom is 0.282 e. The van der Waals surface area contributed by atoms with Gasteiger partial charge in [-0.05, 0) is 43.0 Å². The number of anilines is 1. The minimum Gasteiger partial charge on any atom is -0.326 e. The quantitative estimate of drug-likeness (QED) is 0.698. The second-order valence-electron chi connectivity index (χ2n) is 6.24. The van der Waals surface area contributed by atoms with Gasteiger partial charge in [-0.3, -0.25) is 4.79 Å². The van der Waals surface area contributed by atoms with Gasteiger partial charge in [0, 0.05) is 11.3 Å². The zero-order valence-corrected chi connectivity index (χ0v) is 15.3. The number of aryl methyl sites for hydroxylation is 1. The maximum atomic E-state index is 12.6. The zero-order valence-electron chi connectivity index (χ0n) is 14.5. The molecule has 3 aromatic rings. The topological polar surface area (TPSA) is 45.7 Å². The van der Waals surface area contributed by atoms with Crippen molar-refractivity contribution in [3.05, 3.63) is 88.1 Å². The Balaban J connectivity index is 1.74. The lowest BCUT2D eigenvalue weighted by atomic mass is 10.0. The van der Waals surface area contributed by atoms with Crippen molar-refractivity contribution in [2.24, 2.45) is 0 Å². The molecule has 0 aliphatic heterocycles. The third-order valence-corrected chi connectivity index (χ3v) is 5.14. The minimum atomic E-state index is -0.201. The summed E-state index contributed by atoms with van der Waals surface area (Å²) in [6.07, 6.45) is 0. The molecule has 0 spiro atoms. The maximum absolute atomic E-state index is 12.6. The van der Waals surface area contributed by atoms with E-state index in [0.29, 0.717) is 0 Å². The Bertz CT molecular complexity index is 815. The van der Waals surface area contributed by atoms with E-state index >= 15 is 0 Å². The van der Waals surface area contributed by atoms with Crippen molar-refractivity contribution in [2.45, 2.75) is 25.9 Å². The molecule has 1 aromatic heterocycles. The molecule has 0 aliphatic carbocycles. The van der Waals surface area contributed by atoms with Crippen LogP contribution in [0.25, 0.3) is 0 Å². The van der Waals surface area contributed by atoms with Crippen LogP contribution in [0.4, 0.5) is 5.69 Å². The monoisotopic (exact) mass is 351 g/mol. The molecule has 2 aromatic carbocycles. The largest absolute Gasteiger partial charge is 0.326 e. The lowest BCUT2D eigenvalue weighted by molar-refractivity contribution is -0.703. The molecule has 0 fully saturated rings. The Morgan fingerprint density at radius 3 is 2.52 bits per heavy atom. The van der Waals surface area contributed by atoms with Crippen LogP contribution in [0.3, 0.4) is 0 Å². The van der Waals surface area contributed by atoms with E-state index in [9.17, 15) is 4.79 Å². The Kier molecular flexibility index (Phi) is 5.64. The highest BCUT2D eigenvalue weighted by Crippen LogP contribution is 2.22. The molecule has 3 rings (SSSR count). The van der Waals surface area contributed by atoms with Crippen LogP contribution >= 0.6 is 11.3 Å². The second-order valence-corrected chi connectivity index (χ2v) is 7.22. The van der Waals surface area contributed by atoms with E-state index in [1.54, 1.807) is 11.3 Å². The fraction of sp³-hybridized carbons (Fsp3) is 0.190. The summed E-state index contributed by atoms with van der Waals surface area (Å²) in [6, 6.07) is 22.3. The summed E-state index contributed by atoms with van der Waals surface area (Å²) in [5.41, 5.74) is 3.19. The molecule has 3 nitrogen and oxygen atoms in total. The predicted molar refractivity (Wildman–Crippen MR) is 104 cm³/mol. The number of thiophene rings is 1. The van der Waals surface area contributed by atoms with Crippen molar-refractivity contribution in [1.82, 2.24) is 0 Å². The molecule has 0 saturated carbocycles. The fourth-order valence-corrected chi connectivity index (χ4v) is 3.69. The molecule has 128 valence electrons. The Labute approximate surface area is 152 Å². The molecule has 1 heterocycles. The third-order valence-electron chi connectivity index (χ3n) is 4.19. The highest BCUT2D eigenvalue weighted by atomic mass is 32.1. The highest BCUT2D eigenvalue weighted by molar-refractivity contribution is 7.10. The van der Waals surface area contributed by atoms with Crippen molar-refractivity contribution in [2.75, 3.05) is 5.32 Å². The lowest BCUT2D eigenvalue weighted by Gasteiger charge is -2.19. The van der Waals surface area contributed by atoms with Gasteiger partial charge in [-0.1, -0.05) is 48.5 Å². The number of carbonyl (C=O) groups excluding carboxylic acids is 1. The Morgan fingerprint density at radius 2 is 1.84 bits per heavy atom. The summed E-state index contributed by atoms with van der Waals surface area (Å²) in [5, 5.41) is 7.23. The van der Waals surface area contributed by atoms with Gasteiger partial charge in [0.1, 0.15) is 6.04 Å². The summed E-state index contributed by atoms with van der Waals surface area (Å²) >= 11 is 1.72. The predicted octanol–water partition coefficient (Wildman–Crippen LogP) is 3.74. The van der Waals surface area contributed by atoms with E-state index < -0.39 is 0 Å². The number of hydrogen-bond acceptors (Lipinski definition) is 2. The summed E-state index contributed by atoms with van der Waals surface area (Å²) < 4.78 is 0. The van der Waals surface area contributed by atoms with Gasteiger partial charge in [0.25, 0.3) is 5.91 Å². The van der Waals surface area contributed by atoms with E-state index in [0.717, 1.165) is 11.3 Å². The summed E-state index contributed by atoms with van der Waals surface area (Å²) in [7, 11) is 0. The van der Waals surface area contributed by atoms with Crippen LogP contribution in [0.5, 0.6) is 0 Å². The van der Waals surface area contributed by atoms with Crippen molar-refractivity contribution < 1.29 is 10.1 Å². The van der Waals surface area contributed by atoms with Gasteiger partial charge in [0.2, 0.25) is 0 Å². The number of nitrogens with one attached hydrogen (secondary N) is 1. The van der Waals surface area contributed by atoms with E-state index in [2.05, 4.69) is 40.3 Å². The molecule has 25 heavy (non-hydrogen) atoms. The van der Waals surface area contributed by atoms with Gasteiger partial charge < -0.3 is 10.6 Å². The molecule has 4 heteroatoms. The number of nitrogens with two attached hydrogens (primary N) is 1. The normalized spacial score (nSPS) is 13.2. The van der Waals surface area contributed by atoms with E-state index in [4.69, 9.17) is 0 Å². The first-order chi connectivity index (χ1) is 12.1. The summed E-state index contributed by atoms with van der Waals surface area (Å²) in [5.74, 6) is 0.0167. The van der Waals surface area contributed by atoms with E-state index in [1.165, 1.54) is 10.4 Å². The average Bonchev–Trinajstić information content (AvgIpc) is 3.14. The lowest BCUT2D eigenvalue weighted by Crippen LogP contribution is -2.92. The van der Waals surface area contributed by atoms with E-state index in [-0.39, 0.29) is 18.0 Å². The average molecular weight is 351 g/mol. The van der Waals surface area contributed by atoms with Gasteiger partial charge in [-0.25, -0.2) is 0 Å². The Hall–Kier alpha value is -2.43. The van der Waals surface area contributed by atoms with Crippen molar-refractivity contribution >= 4 is 22.9 Å². The van der Waals surface area contributed by atoms with Crippen molar-refractivity contribution in [3.8, 4) is 0 Å². The first-order valence-corrected chi connectivity index (χ1v) is 9.32. The first kappa shape index (κ1) is 17.4. The van der Waals surface area contributed by atoms with Gasteiger partial charge in [0.05, 0.1) is 4.88 Å². The fourth-order valence-electron chi connectivity index (χ4n) is 2.85. The summed E-state index contributed by atoms with van der Waals surface area (Å²) in [4.78, 5) is 13.9. The van der Waals surface area contributed by atoms with Crippen LogP contribution in [0.1, 0.15) is 29.0 Å². The third kappa shape index (κ3) is 4.56. The molecule has 0 unspecified atom stereocenters. The molecule has 1 amide bonds. The van der Waals surface area contributed by atoms with Gasteiger partial charge in [-0.15, -0.1) is 11.3 Å². The van der Waals surface area contributed by atoms with Crippen LogP contribution < -0.4 is 10.6 Å². The first-order valence-electron chi connectivity index (χ1n) is 8.44. The molecular formula is C21H23N2OS+. The van der Waals surface area contributed by atoms with Crippen LogP contribution in [-0.4, -0.2) is 11.9 Å². The van der Waals surface area contributed by atoms with Crippen LogP contribution in [0.2, 0.25) is 0 Å². The minimum absolute atomic E-state index is 0.0167. The smallest absolute Gasteiger partial charge is 0.282 e. The SMILES string of the molecule is Cc1cccc(NC(=O)[C@@H](C)[NH2+][C@H](c2ccccc2)c2cccs2)c1. The molecular weight excluding hydrogens is 328 g/mol. The number of amides is 1. The molecule has 2 atom stereocenters. The Morgan fingerprint density at radius 1 is 1.04 bits per heavy atom. The van der Waals surface area contributed by atoms with Crippen molar-refractivity contribution in [3.63, 3.8) is 0 Å². The van der Waals surface area contributed by atoms with Gasteiger partial charge in [-0.2, -0.15) is 0 Å². The van der Waals surface area contributed by atoms with E-state index in [1.807, 2.05) is 56.3 Å². The highest BCUT2D eigenvalue weighted by Gasteiger charge is 2.25. The molecule has 0 saturated heterocycles. The van der Waals surface area contributed by atoms with Crippen LogP contribution in [0, 0.1) is 6.92 Å². The number of rotatable bonds is 6.